The van der Waals surface area contributed by atoms with Crippen LogP contribution in [0, 0.1) is 13.8 Å². The van der Waals surface area contributed by atoms with E-state index in [1.165, 1.54) is 10.5 Å². The van der Waals surface area contributed by atoms with E-state index in [1.807, 2.05) is 12.1 Å². The summed E-state index contributed by atoms with van der Waals surface area (Å²) in [6.45, 7) is 4.40. The van der Waals surface area contributed by atoms with E-state index in [-0.39, 0.29) is 29.7 Å². The zero-order chi connectivity index (χ0) is 22.2. The van der Waals surface area contributed by atoms with Crippen molar-refractivity contribution in [1.29, 1.82) is 0 Å². The third kappa shape index (κ3) is 4.10. The van der Waals surface area contributed by atoms with Crippen molar-refractivity contribution in [3.8, 4) is 11.3 Å². The third-order valence-electron chi connectivity index (χ3n) is 5.31. The van der Waals surface area contributed by atoms with Gasteiger partial charge in [0.1, 0.15) is 10.6 Å². The Morgan fingerprint density at radius 3 is 2.55 bits per heavy atom. The summed E-state index contributed by atoms with van der Waals surface area (Å²) >= 11 is 5.96. The minimum atomic E-state index is -3.75. The molecule has 1 aliphatic heterocycles. The maximum Gasteiger partial charge on any atom is 0.257 e. The standard InChI is InChI=1S/C20H22ClN5O4S/c1-13-19(14(2)30-24-13)31(28,29)26-9-3-8-25(10-11-26)20(27)17-12-22-23-18(17)15-4-6-16(21)7-5-15/h4-7,12H,3,8-11H2,1-2H3,(H,22,23). The smallest absolute Gasteiger partial charge is 0.257 e. The van der Waals surface area contributed by atoms with Gasteiger partial charge in [0.2, 0.25) is 10.0 Å². The Morgan fingerprint density at radius 2 is 1.87 bits per heavy atom. The molecule has 0 unspecified atom stereocenters. The van der Waals surface area contributed by atoms with Crippen LogP contribution in [-0.2, 0) is 10.0 Å². The highest BCUT2D eigenvalue weighted by Crippen LogP contribution is 2.26. The van der Waals surface area contributed by atoms with E-state index >= 15 is 0 Å². The first-order chi connectivity index (χ1) is 14.8. The molecule has 0 radical (unpaired) electrons. The lowest BCUT2D eigenvalue weighted by atomic mass is 10.1. The number of aromatic amines is 1. The number of sulfonamides is 1. The van der Waals surface area contributed by atoms with Crippen molar-refractivity contribution in [2.45, 2.75) is 25.2 Å². The molecule has 1 amide bonds. The molecule has 0 aliphatic carbocycles. The molecule has 164 valence electrons. The van der Waals surface area contributed by atoms with Gasteiger partial charge in [-0.25, -0.2) is 8.42 Å². The van der Waals surface area contributed by atoms with Gasteiger partial charge in [0.05, 0.1) is 17.5 Å². The maximum absolute atomic E-state index is 13.2. The second-order valence-corrected chi connectivity index (χ2v) is 9.68. The molecule has 0 bridgehead atoms. The van der Waals surface area contributed by atoms with Crippen LogP contribution in [0.4, 0.5) is 0 Å². The van der Waals surface area contributed by atoms with Crippen molar-refractivity contribution in [2.24, 2.45) is 0 Å². The Morgan fingerprint density at radius 1 is 1.13 bits per heavy atom. The minimum absolute atomic E-state index is 0.104. The highest BCUT2D eigenvalue weighted by atomic mass is 35.5. The molecule has 4 rings (SSSR count). The van der Waals surface area contributed by atoms with E-state index in [2.05, 4.69) is 15.4 Å². The summed E-state index contributed by atoms with van der Waals surface area (Å²) in [6.07, 6.45) is 2.01. The highest BCUT2D eigenvalue weighted by molar-refractivity contribution is 7.89. The number of hydrogen-bond acceptors (Lipinski definition) is 6. The lowest BCUT2D eigenvalue weighted by molar-refractivity contribution is 0.0765. The van der Waals surface area contributed by atoms with E-state index in [9.17, 15) is 13.2 Å². The fraction of sp³-hybridized carbons (Fsp3) is 0.350. The van der Waals surface area contributed by atoms with Crippen molar-refractivity contribution in [3.63, 3.8) is 0 Å². The largest absolute Gasteiger partial charge is 0.360 e. The molecule has 0 atom stereocenters. The summed E-state index contributed by atoms with van der Waals surface area (Å²) in [5.41, 5.74) is 2.17. The van der Waals surface area contributed by atoms with Gasteiger partial charge in [0.25, 0.3) is 5.91 Å². The Kier molecular flexibility index (Phi) is 5.87. The van der Waals surface area contributed by atoms with E-state index < -0.39 is 10.0 Å². The van der Waals surface area contributed by atoms with Crippen LogP contribution in [0.25, 0.3) is 11.3 Å². The minimum Gasteiger partial charge on any atom is -0.360 e. The van der Waals surface area contributed by atoms with Crippen LogP contribution in [0.1, 0.15) is 28.2 Å². The zero-order valence-electron chi connectivity index (χ0n) is 17.1. The summed E-state index contributed by atoms with van der Waals surface area (Å²) in [7, 11) is -3.75. The molecule has 3 aromatic rings. The number of rotatable bonds is 4. The Hall–Kier alpha value is -2.69. The van der Waals surface area contributed by atoms with Crippen LogP contribution in [0.3, 0.4) is 0 Å². The first kappa shape index (κ1) is 21.5. The molecule has 1 aromatic carbocycles. The van der Waals surface area contributed by atoms with E-state index in [0.717, 1.165) is 5.56 Å². The van der Waals surface area contributed by atoms with Gasteiger partial charge in [0.15, 0.2) is 5.76 Å². The van der Waals surface area contributed by atoms with E-state index in [1.54, 1.807) is 30.9 Å². The number of benzene rings is 1. The summed E-state index contributed by atoms with van der Waals surface area (Å²) in [5, 5.41) is 11.3. The monoisotopic (exact) mass is 463 g/mol. The van der Waals surface area contributed by atoms with Gasteiger partial charge < -0.3 is 9.42 Å². The summed E-state index contributed by atoms with van der Waals surface area (Å²) in [4.78, 5) is 15.0. The Balaban J connectivity index is 1.53. The Labute approximate surface area is 185 Å². The van der Waals surface area contributed by atoms with Crippen LogP contribution in [0.15, 0.2) is 39.9 Å². The number of carbonyl (C=O) groups is 1. The van der Waals surface area contributed by atoms with E-state index in [4.69, 9.17) is 16.1 Å². The number of halogens is 1. The number of hydrogen-bond donors (Lipinski definition) is 1. The van der Waals surface area contributed by atoms with Crippen LogP contribution in [0.5, 0.6) is 0 Å². The van der Waals surface area contributed by atoms with Gasteiger partial charge in [-0.2, -0.15) is 9.40 Å². The van der Waals surface area contributed by atoms with Crippen molar-refractivity contribution in [3.05, 3.63) is 52.5 Å². The number of amides is 1. The van der Waals surface area contributed by atoms with Gasteiger partial charge in [0, 0.05) is 36.8 Å². The van der Waals surface area contributed by atoms with Crippen LogP contribution >= 0.6 is 11.6 Å². The lowest BCUT2D eigenvalue weighted by Gasteiger charge is -2.22. The molecular formula is C20H22ClN5O4S. The molecule has 3 heterocycles. The summed E-state index contributed by atoms with van der Waals surface area (Å²) in [5.74, 6) is 0.0657. The fourth-order valence-electron chi connectivity index (χ4n) is 3.76. The molecule has 31 heavy (non-hydrogen) atoms. The van der Waals surface area contributed by atoms with Crippen molar-refractivity contribution in [2.75, 3.05) is 26.2 Å². The van der Waals surface area contributed by atoms with E-state index in [0.29, 0.717) is 41.5 Å². The van der Waals surface area contributed by atoms with Crippen molar-refractivity contribution < 1.29 is 17.7 Å². The molecular weight excluding hydrogens is 442 g/mol. The Bertz CT molecular complexity index is 1180. The second-order valence-electron chi connectivity index (χ2n) is 7.37. The van der Waals surface area contributed by atoms with Crippen molar-refractivity contribution >= 4 is 27.5 Å². The molecule has 11 heteroatoms. The number of nitrogens with zero attached hydrogens (tertiary/aromatic N) is 4. The van der Waals surface area contributed by atoms with Crippen LogP contribution in [0.2, 0.25) is 5.02 Å². The topological polar surface area (TPSA) is 112 Å². The fourth-order valence-corrected chi connectivity index (χ4v) is 5.65. The number of aryl methyl sites for hydroxylation is 2. The second kappa shape index (κ2) is 8.45. The van der Waals surface area contributed by atoms with Gasteiger partial charge in [-0.1, -0.05) is 28.9 Å². The average Bonchev–Trinajstić information content (AvgIpc) is 3.26. The molecule has 1 saturated heterocycles. The van der Waals surface area contributed by atoms with Gasteiger partial charge in [-0.05, 0) is 32.4 Å². The molecule has 2 aromatic heterocycles. The van der Waals surface area contributed by atoms with Gasteiger partial charge in [-0.15, -0.1) is 0 Å². The SMILES string of the molecule is Cc1noc(C)c1S(=O)(=O)N1CCCN(C(=O)c2cn[nH]c2-c2ccc(Cl)cc2)CC1. The van der Waals surface area contributed by atoms with Gasteiger partial charge in [-0.3, -0.25) is 9.89 Å². The molecule has 9 nitrogen and oxygen atoms in total. The lowest BCUT2D eigenvalue weighted by Crippen LogP contribution is -2.37. The predicted octanol–water partition coefficient (Wildman–Crippen LogP) is 2.87. The third-order valence-corrected chi connectivity index (χ3v) is 7.71. The number of carbonyl (C=O) groups excluding carboxylic acids is 1. The van der Waals surface area contributed by atoms with Crippen LogP contribution < -0.4 is 0 Å². The highest BCUT2D eigenvalue weighted by Gasteiger charge is 2.33. The van der Waals surface area contributed by atoms with Gasteiger partial charge >= 0.3 is 0 Å². The normalized spacial score (nSPS) is 15.8. The molecule has 0 spiro atoms. The maximum atomic E-state index is 13.2. The molecule has 1 aliphatic rings. The quantitative estimate of drug-likeness (QED) is 0.636. The molecule has 1 N–H and O–H groups in total. The number of aromatic nitrogens is 3. The predicted molar refractivity (Wildman–Crippen MR) is 114 cm³/mol. The number of H-pyrrole nitrogens is 1. The average molecular weight is 464 g/mol. The van der Waals surface area contributed by atoms with Crippen molar-refractivity contribution in [1.82, 2.24) is 24.6 Å². The number of nitrogens with one attached hydrogen (secondary N) is 1. The first-order valence-electron chi connectivity index (χ1n) is 9.80. The zero-order valence-corrected chi connectivity index (χ0v) is 18.7. The first-order valence-corrected chi connectivity index (χ1v) is 11.6. The summed E-state index contributed by atoms with van der Waals surface area (Å²) < 4.78 is 32.6. The molecule has 0 saturated carbocycles. The summed E-state index contributed by atoms with van der Waals surface area (Å²) in [6, 6.07) is 7.12. The molecule has 1 fully saturated rings. The van der Waals surface area contributed by atoms with Crippen LogP contribution in [-0.4, -0.2) is 65.1 Å².